The second-order valence-electron chi connectivity index (χ2n) is 6.34. The van der Waals surface area contributed by atoms with Crippen LogP contribution in [-0.2, 0) is 11.3 Å². The van der Waals surface area contributed by atoms with Gasteiger partial charge < -0.3 is 19.9 Å². The number of nitrogens with zero attached hydrogens (tertiary/aromatic N) is 5. The number of carbonyl (C=O) groups excluding carboxylic acids is 1. The van der Waals surface area contributed by atoms with E-state index in [9.17, 15) is 4.79 Å². The highest BCUT2D eigenvalue weighted by molar-refractivity contribution is 5.95. The summed E-state index contributed by atoms with van der Waals surface area (Å²) >= 11 is 0. The topological polar surface area (TPSA) is 83.5 Å². The fourth-order valence-electron chi connectivity index (χ4n) is 2.66. The number of nitrogens with one attached hydrogen (secondary N) is 1. The zero-order chi connectivity index (χ0) is 18.5. The summed E-state index contributed by atoms with van der Waals surface area (Å²) < 4.78 is 5.39. The summed E-state index contributed by atoms with van der Waals surface area (Å²) in [6.45, 7) is 4.95. The minimum absolute atomic E-state index is 0.136. The van der Waals surface area contributed by atoms with Crippen molar-refractivity contribution in [3.8, 4) is 0 Å². The Hall–Kier alpha value is -2.74. The molecule has 1 amide bonds. The first-order valence-corrected chi connectivity index (χ1v) is 8.63. The number of ether oxygens (including phenoxy) is 1. The van der Waals surface area contributed by atoms with Crippen molar-refractivity contribution in [3.63, 3.8) is 0 Å². The van der Waals surface area contributed by atoms with Gasteiger partial charge in [-0.3, -0.25) is 4.79 Å². The number of carbonyl (C=O) groups is 1. The van der Waals surface area contributed by atoms with E-state index in [1.54, 1.807) is 0 Å². The Balaban J connectivity index is 1.77. The van der Waals surface area contributed by atoms with E-state index in [1.807, 2.05) is 50.2 Å². The maximum absolute atomic E-state index is 12.4. The van der Waals surface area contributed by atoms with Gasteiger partial charge in [-0.25, -0.2) is 0 Å². The van der Waals surface area contributed by atoms with Crippen molar-refractivity contribution in [2.75, 3.05) is 50.2 Å². The lowest BCUT2D eigenvalue weighted by Crippen LogP contribution is -2.38. The van der Waals surface area contributed by atoms with Crippen molar-refractivity contribution in [2.45, 2.75) is 13.5 Å². The molecule has 3 rings (SSSR count). The summed E-state index contributed by atoms with van der Waals surface area (Å²) in [6.07, 6.45) is 0. The summed E-state index contributed by atoms with van der Waals surface area (Å²) in [5, 5.41) is 2.90. The lowest BCUT2D eigenvalue weighted by Gasteiger charge is -2.27. The van der Waals surface area contributed by atoms with Crippen LogP contribution in [0.4, 0.5) is 11.9 Å². The molecule has 0 saturated carbocycles. The van der Waals surface area contributed by atoms with Gasteiger partial charge >= 0.3 is 0 Å². The zero-order valence-electron chi connectivity index (χ0n) is 15.4. The number of aryl methyl sites for hydroxylation is 1. The Bertz CT molecular complexity index is 774. The third kappa shape index (κ3) is 4.26. The second kappa shape index (κ2) is 8.09. The zero-order valence-corrected chi connectivity index (χ0v) is 15.4. The van der Waals surface area contributed by atoms with E-state index in [1.165, 1.54) is 0 Å². The molecule has 138 valence electrons. The SMILES string of the molecule is Cc1ccccc1C(=O)NCc1nc(N(C)C)nc(N2CCOCC2)n1. The molecule has 0 aliphatic carbocycles. The molecule has 8 nitrogen and oxygen atoms in total. The first-order chi connectivity index (χ1) is 12.5. The summed E-state index contributed by atoms with van der Waals surface area (Å²) in [5.74, 6) is 1.59. The van der Waals surface area contributed by atoms with Crippen LogP contribution < -0.4 is 15.1 Å². The maximum Gasteiger partial charge on any atom is 0.251 e. The van der Waals surface area contributed by atoms with Crippen LogP contribution in [-0.4, -0.2) is 61.3 Å². The van der Waals surface area contributed by atoms with E-state index < -0.39 is 0 Å². The van der Waals surface area contributed by atoms with E-state index in [0.717, 1.165) is 18.7 Å². The van der Waals surface area contributed by atoms with Gasteiger partial charge in [-0.1, -0.05) is 18.2 Å². The molecule has 8 heteroatoms. The largest absolute Gasteiger partial charge is 0.378 e. The van der Waals surface area contributed by atoms with Crippen molar-refractivity contribution >= 4 is 17.8 Å². The van der Waals surface area contributed by atoms with Gasteiger partial charge in [0.25, 0.3) is 5.91 Å². The molecular weight excluding hydrogens is 332 g/mol. The molecule has 0 atom stereocenters. The van der Waals surface area contributed by atoms with E-state index in [4.69, 9.17) is 4.74 Å². The fourth-order valence-corrected chi connectivity index (χ4v) is 2.66. The van der Waals surface area contributed by atoms with Gasteiger partial charge in [-0.2, -0.15) is 15.0 Å². The Morgan fingerprint density at radius 2 is 1.92 bits per heavy atom. The molecule has 0 spiro atoms. The highest BCUT2D eigenvalue weighted by Gasteiger charge is 2.18. The number of morpholine rings is 1. The van der Waals surface area contributed by atoms with Crippen molar-refractivity contribution in [3.05, 3.63) is 41.2 Å². The predicted octanol–water partition coefficient (Wildman–Crippen LogP) is 1.01. The van der Waals surface area contributed by atoms with E-state index in [0.29, 0.717) is 36.5 Å². The number of rotatable bonds is 5. The highest BCUT2D eigenvalue weighted by atomic mass is 16.5. The third-order valence-electron chi connectivity index (χ3n) is 4.15. The van der Waals surface area contributed by atoms with E-state index >= 15 is 0 Å². The van der Waals surface area contributed by atoms with Crippen molar-refractivity contribution in [1.29, 1.82) is 0 Å². The van der Waals surface area contributed by atoms with Crippen molar-refractivity contribution in [2.24, 2.45) is 0 Å². The molecule has 1 fully saturated rings. The molecule has 1 aromatic heterocycles. The first kappa shape index (κ1) is 18.1. The number of aromatic nitrogens is 3. The van der Waals surface area contributed by atoms with E-state index in [2.05, 4.69) is 25.2 Å². The minimum Gasteiger partial charge on any atom is -0.378 e. The van der Waals surface area contributed by atoms with Crippen LogP contribution in [0.2, 0.25) is 0 Å². The van der Waals surface area contributed by atoms with Crippen LogP contribution in [0.3, 0.4) is 0 Å². The summed E-state index contributed by atoms with van der Waals surface area (Å²) in [4.78, 5) is 29.8. The molecule has 1 N–H and O–H groups in total. The standard InChI is InChI=1S/C18H24N6O2/c1-13-6-4-5-7-14(13)16(25)19-12-15-20-17(23(2)3)22-18(21-15)24-8-10-26-11-9-24/h4-7H,8-12H2,1-3H3,(H,19,25). The monoisotopic (exact) mass is 356 g/mol. The quantitative estimate of drug-likeness (QED) is 0.856. The number of hydrogen-bond acceptors (Lipinski definition) is 7. The lowest BCUT2D eigenvalue weighted by molar-refractivity contribution is 0.0949. The van der Waals surface area contributed by atoms with Crippen LogP contribution in [0.25, 0.3) is 0 Å². The molecule has 1 aromatic carbocycles. The van der Waals surface area contributed by atoms with Gasteiger partial charge in [-0.15, -0.1) is 0 Å². The molecule has 2 aromatic rings. The Kier molecular flexibility index (Phi) is 5.62. The molecule has 0 radical (unpaired) electrons. The summed E-state index contributed by atoms with van der Waals surface area (Å²) in [7, 11) is 3.77. The molecule has 26 heavy (non-hydrogen) atoms. The van der Waals surface area contributed by atoms with Gasteiger partial charge in [0.15, 0.2) is 5.82 Å². The average Bonchev–Trinajstić information content (AvgIpc) is 2.67. The molecular formula is C18H24N6O2. The second-order valence-corrected chi connectivity index (χ2v) is 6.34. The molecule has 2 heterocycles. The summed E-state index contributed by atoms with van der Waals surface area (Å²) in [5.41, 5.74) is 1.59. The Morgan fingerprint density at radius 3 is 2.62 bits per heavy atom. The predicted molar refractivity (Wildman–Crippen MR) is 99.5 cm³/mol. The number of anilines is 2. The van der Waals surface area contributed by atoms with Crippen LogP contribution in [0.1, 0.15) is 21.7 Å². The van der Waals surface area contributed by atoms with Gasteiger partial charge in [-0.05, 0) is 18.6 Å². The lowest BCUT2D eigenvalue weighted by atomic mass is 10.1. The molecule has 1 aliphatic rings. The number of benzene rings is 1. The Morgan fingerprint density at radius 1 is 1.19 bits per heavy atom. The fraction of sp³-hybridized carbons (Fsp3) is 0.444. The van der Waals surface area contributed by atoms with Crippen molar-refractivity contribution < 1.29 is 9.53 Å². The minimum atomic E-state index is -0.136. The van der Waals surface area contributed by atoms with Crippen LogP contribution in [0.5, 0.6) is 0 Å². The molecule has 0 unspecified atom stereocenters. The number of hydrogen-bond donors (Lipinski definition) is 1. The van der Waals surface area contributed by atoms with Crippen LogP contribution >= 0.6 is 0 Å². The molecule has 0 bridgehead atoms. The highest BCUT2D eigenvalue weighted by Crippen LogP contribution is 2.14. The first-order valence-electron chi connectivity index (χ1n) is 8.63. The van der Waals surface area contributed by atoms with Gasteiger partial charge in [0.05, 0.1) is 19.8 Å². The van der Waals surface area contributed by atoms with Crippen LogP contribution in [0, 0.1) is 6.92 Å². The van der Waals surface area contributed by atoms with Crippen molar-refractivity contribution in [1.82, 2.24) is 20.3 Å². The number of amides is 1. The normalized spacial score (nSPS) is 14.2. The van der Waals surface area contributed by atoms with Gasteiger partial charge in [0.1, 0.15) is 0 Å². The van der Waals surface area contributed by atoms with Gasteiger partial charge in [0.2, 0.25) is 11.9 Å². The van der Waals surface area contributed by atoms with Crippen LogP contribution in [0.15, 0.2) is 24.3 Å². The average molecular weight is 356 g/mol. The maximum atomic E-state index is 12.4. The molecule has 1 aliphatic heterocycles. The molecule has 1 saturated heterocycles. The van der Waals surface area contributed by atoms with E-state index in [-0.39, 0.29) is 12.5 Å². The summed E-state index contributed by atoms with van der Waals surface area (Å²) in [6, 6.07) is 7.49. The smallest absolute Gasteiger partial charge is 0.251 e. The third-order valence-corrected chi connectivity index (χ3v) is 4.15. The van der Waals surface area contributed by atoms with Gasteiger partial charge in [0, 0.05) is 32.7 Å². The Labute approximate surface area is 153 Å².